The van der Waals surface area contributed by atoms with Crippen molar-refractivity contribution in [1.82, 2.24) is 0 Å². The van der Waals surface area contributed by atoms with Crippen molar-refractivity contribution in [3.8, 4) is 0 Å². The minimum absolute atomic E-state index is 0.0496. The number of epoxide rings is 1. The summed E-state index contributed by atoms with van der Waals surface area (Å²) in [5.74, 6) is -0.691. The molecule has 13 nitrogen and oxygen atoms in total. The molecule has 13 heteroatoms. The van der Waals surface area contributed by atoms with Crippen LogP contribution in [0.5, 0.6) is 0 Å². The fourth-order valence-corrected chi connectivity index (χ4v) is 12.1. The fourth-order valence-electron chi connectivity index (χ4n) is 12.1. The average Bonchev–Trinajstić information content (AvgIpc) is 3.60. The Labute approximate surface area is 294 Å². The van der Waals surface area contributed by atoms with Gasteiger partial charge in [0, 0.05) is 44.8 Å². The second kappa shape index (κ2) is 13.0. The van der Waals surface area contributed by atoms with Gasteiger partial charge < -0.3 is 53.2 Å². The van der Waals surface area contributed by atoms with Gasteiger partial charge in [-0.05, 0) is 77.0 Å². The number of rotatable bonds is 8. The zero-order valence-corrected chi connectivity index (χ0v) is 30.7. The van der Waals surface area contributed by atoms with Gasteiger partial charge in [0.1, 0.15) is 53.6 Å². The van der Waals surface area contributed by atoms with Crippen LogP contribution in [0.4, 0.5) is 0 Å². The molecule has 0 aromatic carbocycles. The molecule has 7 fully saturated rings. The van der Waals surface area contributed by atoms with Gasteiger partial charge in [-0.25, -0.2) is 0 Å². The molecule has 0 radical (unpaired) electrons. The van der Waals surface area contributed by atoms with Gasteiger partial charge in [0.05, 0.1) is 24.4 Å². The Hall–Kier alpha value is -1.26. The summed E-state index contributed by atoms with van der Waals surface area (Å²) in [6.45, 7) is 10.8. The second-order valence-corrected chi connectivity index (χ2v) is 16.8. The third kappa shape index (κ3) is 5.23. The number of hydrogen-bond acceptors (Lipinski definition) is 13. The number of fused-ring (bicyclic) bond motifs is 2. The Morgan fingerprint density at radius 2 is 1.54 bits per heavy atom. The minimum Gasteiger partial charge on any atom is -0.459 e. The van der Waals surface area contributed by atoms with E-state index in [1.54, 1.807) is 21.0 Å². The van der Waals surface area contributed by atoms with Crippen LogP contribution in [-0.4, -0.2) is 126 Å². The van der Waals surface area contributed by atoms with E-state index in [0.717, 1.165) is 38.5 Å². The Balaban J connectivity index is 1.04. The molecule has 3 aliphatic heterocycles. The Morgan fingerprint density at radius 1 is 0.800 bits per heavy atom. The van der Waals surface area contributed by atoms with Crippen LogP contribution >= 0.6 is 0 Å². The van der Waals surface area contributed by atoms with E-state index in [1.165, 1.54) is 14.0 Å². The number of ether oxygens (including phenoxy) is 8. The normalized spacial score (nSPS) is 55.6. The number of ketones is 1. The van der Waals surface area contributed by atoms with E-state index in [4.69, 9.17) is 37.9 Å². The molecule has 19 atom stereocenters. The lowest BCUT2D eigenvalue weighted by Gasteiger charge is -2.61. The lowest BCUT2D eigenvalue weighted by Crippen LogP contribution is -2.70. The zero-order valence-electron chi connectivity index (χ0n) is 30.7. The summed E-state index contributed by atoms with van der Waals surface area (Å²) in [4.78, 5) is 25.4. The largest absolute Gasteiger partial charge is 0.459 e. The third-order valence-electron chi connectivity index (χ3n) is 14.6. The summed E-state index contributed by atoms with van der Waals surface area (Å²) in [7, 11) is 3.04. The molecule has 3 saturated heterocycles. The number of esters is 1. The van der Waals surface area contributed by atoms with E-state index in [1.807, 2.05) is 13.8 Å². The van der Waals surface area contributed by atoms with E-state index in [0.29, 0.717) is 12.8 Å². The molecule has 4 saturated carbocycles. The molecule has 284 valence electrons. The molecule has 7 aliphatic rings. The maximum Gasteiger partial charge on any atom is 0.303 e. The van der Waals surface area contributed by atoms with Crippen molar-refractivity contribution < 1.29 is 62.8 Å². The van der Waals surface area contributed by atoms with Gasteiger partial charge in [-0.1, -0.05) is 13.8 Å². The van der Waals surface area contributed by atoms with Crippen LogP contribution in [0.25, 0.3) is 0 Å². The van der Waals surface area contributed by atoms with Crippen molar-refractivity contribution in [1.29, 1.82) is 0 Å². The van der Waals surface area contributed by atoms with Crippen molar-refractivity contribution >= 4 is 11.8 Å². The number of carbonyl (C=O) groups is 2. The number of Topliss-reactive ketones (excluding diaryl/α,β-unsaturated/α-hetero) is 1. The summed E-state index contributed by atoms with van der Waals surface area (Å²) in [6.07, 6.45) is -2.63. The summed E-state index contributed by atoms with van der Waals surface area (Å²) < 4.78 is 49.3. The Bertz CT molecular complexity index is 1310. The van der Waals surface area contributed by atoms with E-state index >= 15 is 0 Å². The molecule has 0 amide bonds. The Morgan fingerprint density at radius 3 is 2.20 bits per heavy atom. The molecular weight excluding hydrogens is 652 g/mol. The van der Waals surface area contributed by atoms with E-state index < -0.39 is 90.1 Å². The van der Waals surface area contributed by atoms with Gasteiger partial charge in [-0.3, -0.25) is 9.59 Å². The van der Waals surface area contributed by atoms with Crippen molar-refractivity contribution in [2.24, 2.45) is 28.6 Å². The first-order valence-electron chi connectivity index (χ1n) is 18.7. The maximum absolute atomic E-state index is 12.9. The first kappa shape index (κ1) is 37.1. The van der Waals surface area contributed by atoms with Crippen LogP contribution in [0.3, 0.4) is 0 Å². The molecular formula is C37H58O13. The van der Waals surface area contributed by atoms with Crippen molar-refractivity contribution in [3.63, 3.8) is 0 Å². The lowest BCUT2D eigenvalue weighted by molar-refractivity contribution is -0.343. The predicted molar refractivity (Wildman–Crippen MR) is 174 cm³/mol. The lowest BCUT2D eigenvalue weighted by atomic mass is 9.43. The second-order valence-electron chi connectivity index (χ2n) is 16.8. The number of aliphatic hydroxyl groups excluding tert-OH is 3. The van der Waals surface area contributed by atoms with Gasteiger partial charge in [0.15, 0.2) is 12.6 Å². The standard InChI is InChI=1S/C37H58O13/c1-17(38)23-11-14-37-35(23,6)32(42)30(47-20(4)39)31-34(5)12-10-22(15-21(34)9-13-36(31,37)50-37)48-25-16-24(43-7)28(19(3)45-25)49-33-27(41)29(44-8)26(40)18(2)46-33/h18-19,21-33,40-42H,9-16H2,1-8H3/t18?,19?,21?,22-,23+,24?,25?,26?,27?,28?,29?,30-,31?,32+,33?,34-,35-,36?,37?/m0/s1. The van der Waals surface area contributed by atoms with Gasteiger partial charge in [0.2, 0.25) is 0 Å². The molecule has 4 aliphatic carbocycles. The quantitative estimate of drug-likeness (QED) is 0.191. The molecule has 0 aromatic heterocycles. The predicted octanol–water partition coefficient (Wildman–Crippen LogP) is 2.42. The van der Waals surface area contributed by atoms with Crippen molar-refractivity contribution in [2.75, 3.05) is 14.2 Å². The van der Waals surface area contributed by atoms with Crippen LogP contribution in [-0.2, 0) is 47.5 Å². The molecule has 50 heavy (non-hydrogen) atoms. The summed E-state index contributed by atoms with van der Waals surface area (Å²) >= 11 is 0. The summed E-state index contributed by atoms with van der Waals surface area (Å²) in [5, 5.41) is 33.3. The van der Waals surface area contributed by atoms with Crippen LogP contribution in [0.2, 0.25) is 0 Å². The van der Waals surface area contributed by atoms with Gasteiger partial charge >= 0.3 is 5.97 Å². The molecule has 0 bridgehead atoms. The van der Waals surface area contributed by atoms with Crippen LogP contribution < -0.4 is 0 Å². The van der Waals surface area contributed by atoms with Crippen molar-refractivity contribution in [2.45, 2.75) is 178 Å². The zero-order chi connectivity index (χ0) is 36.1. The molecule has 2 spiro atoms. The summed E-state index contributed by atoms with van der Waals surface area (Å²) in [6, 6.07) is 0. The SMILES string of the molecule is COC1CC(O[C@H]2CC[C@@]3(C)C(CCC45OC46CC[C@H](C(C)=O)[C@@]6(C)[C@H](O)[C@@H](OC(C)=O)C53)C2)OC(C)C1OC1OC(C)C(O)C(OC)C1O. The topological polar surface area (TPSA) is 172 Å². The highest BCUT2D eigenvalue weighted by Gasteiger charge is 2.90. The number of hydrogen-bond donors (Lipinski definition) is 3. The first-order chi connectivity index (χ1) is 23.6. The third-order valence-corrected chi connectivity index (χ3v) is 14.6. The fraction of sp³-hybridized carbons (Fsp3) is 0.946. The maximum atomic E-state index is 12.9. The van der Waals surface area contributed by atoms with Crippen LogP contribution in [0, 0.1) is 28.6 Å². The minimum atomic E-state index is -1.20. The van der Waals surface area contributed by atoms with Crippen LogP contribution in [0.15, 0.2) is 0 Å². The number of methoxy groups -OCH3 is 2. The summed E-state index contributed by atoms with van der Waals surface area (Å²) in [5.41, 5.74) is -2.24. The highest BCUT2D eigenvalue weighted by Crippen LogP contribution is 2.81. The number of carbonyl (C=O) groups excluding carboxylic acids is 2. The van der Waals surface area contributed by atoms with Crippen molar-refractivity contribution in [3.05, 3.63) is 0 Å². The van der Waals surface area contributed by atoms with Gasteiger partial charge in [0.25, 0.3) is 0 Å². The molecule has 13 unspecified atom stereocenters. The van der Waals surface area contributed by atoms with E-state index in [2.05, 4.69) is 6.92 Å². The van der Waals surface area contributed by atoms with Gasteiger partial charge in [-0.15, -0.1) is 0 Å². The smallest absolute Gasteiger partial charge is 0.303 e. The molecule has 7 rings (SSSR count). The average molecular weight is 711 g/mol. The molecule has 3 N–H and O–H groups in total. The highest BCUT2D eigenvalue weighted by molar-refractivity contribution is 5.80. The molecule has 0 aromatic rings. The van der Waals surface area contributed by atoms with E-state index in [9.17, 15) is 24.9 Å². The highest BCUT2D eigenvalue weighted by atomic mass is 16.7. The monoisotopic (exact) mass is 710 g/mol. The molecule has 3 heterocycles. The van der Waals surface area contributed by atoms with E-state index in [-0.39, 0.29) is 35.1 Å². The number of aliphatic hydroxyl groups is 3. The van der Waals surface area contributed by atoms with Gasteiger partial charge in [-0.2, -0.15) is 0 Å². The first-order valence-corrected chi connectivity index (χ1v) is 18.7. The van der Waals surface area contributed by atoms with Crippen LogP contribution in [0.1, 0.15) is 92.9 Å². The Kier molecular flexibility index (Phi) is 9.60.